The number of carbonyl (C=O) groups is 4. The zero-order valence-corrected chi connectivity index (χ0v) is 17.0. The summed E-state index contributed by atoms with van der Waals surface area (Å²) in [5.74, 6) is -1.76. The fourth-order valence-electron chi connectivity index (χ4n) is 1.80. The number of hydrogen-bond donors (Lipinski definition) is 3. The first kappa shape index (κ1) is 25.9. The third kappa shape index (κ3) is 8.55. The van der Waals surface area contributed by atoms with Gasteiger partial charge in [-0.3, -0.25) is 14.4 Å². The quantitative estimate of drug-likeness (QED) is 0.500. The van der Waals surface area contributed by atoms with E-state index >= 15 is 0 Å². The van der Waals surface area contributed by atoms with E-state index in [9.17, 15) is 19.2 Å². The molecule has 8 nitrogen and oxygen atoms in total. The Labute approximate surface area is 158 Å². The van der Waals surface area contributed by atoms with Gasteiger partial charge in [-0.15, -0.1) is 12.4 Å². The highest BCUT2D eigenvalue weighted by Crippen LogP contribution is 2.21. The fourth-order valence-corrected chi connectivity index (χ4v) is 2.60. The van der Waals surface area contributed by atoms with Gasteiger partial charge in [0.25, 0.3) is 0 Å². The second kappa shape index (κ2) is 11.3. The summed E-state index contributed by atoms with van der Waals surface area (Å²) in [6.45, 7) is 7.89. The van der Waals surface area contributed by atoms with Crippen LogP contribution in [0.2, 0.25) is 0 Å². The van der Waals surface area contributed by atoms with Crippen molar-refractivity contribution < 1.29 is 23.9 Å². The van der Waals surface area contributed by atoms with Crippen LogP contribution < -0.4 is 16.4 Å². The van der Waals surface area contributed by atoms with Crippen LogP contribution in [-0.4, -0.2) is 53.4 Å². The van der Waals surface area contributed by atoms with Crippen LogP contribution in [0.25, 0.3) is 0 Å². The number of halogens is 1. The summed E-state index contributed by atoms with van der Waals surface area (Å²) in [5, 5.41) is 4.27. The number of methoxy groups -OCH3 is 1. The van der Waals surface area contributed by atoms with Gasteiger partial charge < -0.3 is 21.1 Å². The third-order valence-electron chi connectivity index (χ3n) is 3.19. The minimum Gasteiger partial charge on any atom is -0.467 e. The number of nitrogens with one attached hydrogen (secondary N) is 2. The Morgan fingerprint density at radius 1 is 1.20 bits per heavy atom. The van der Waals surface area contributed by atoms with Crippen molar-refractivity contribution in [1.29, 1.82) is 0 Å². The maximum absolute atomic E-state index is 12.4. The number of carbonyl (C=O) groups excluding carboxylic acids is 4. The lowest BCUT2D eigenvalue weighted by Gasteiger charge is -2.29. The molecule has 0 radical (unpaired) electrons. The number of amides is 2. The first-order valence-electron chi connectivity index (χ1n) is 7.54. The lowest BCUT2D eigenvalue weighted by molar-refractivity contribution is -0.145. The zero-order valence-electron chi connectivity index (χ0n) is 15.4. The zero-order chi connectivity index (χ0) is 19.1. The summed E-state index contributed by atoms with van der Waals surface area (Å²) in [7, 11) is 1.19. The SMILES string of the molecule is COC(=O)[C@H](CN)NC(=O)C(C)(C)NC(=O)[C@@H](SC(C)=O)C(C)C.Cl. The summed E-state index contributed by atoms with van der Waals surface area (Å²) in [4.78, 5) is 47.5. The Bertz CT molecular complexity index is 500. The molecule has 0 aliphatic heterocycles. The van der Waals surface area contributed by atoms with E-state index in [-0.39, 0.29) is 30.0 Å². The summed E-state index contributed by atoms with van der Waals surface area (Å²) in [5.41, 5.74) is 4.15. The minimum atomic E-state index is -1.29. The number of nitrogens with two attached hydrogens (primary N) is 1. The fraction of sp³-hybridized carbons (Fsp3) is 0.733. The highest BCUT2D eigenvalue weighted by molar-refractivity contribution is 8.14. The van der Waals surface area contributed by atoms with Gasteiger partial charge in [0.1, 0.15) is 11.6 Å². The van der Waals surface area contributed by atoms with E-state index in [0.717, 1.165) is 11.8 Å². The van der Waals surface area contributed by atoms with Gasteiger partial charge in [-0.25, -0.2) is 4.79 Å². The average Bonchev–Trinajstić information content (AvgIpc) is 2.47. The predicted molar refractivity (Wildman–Crippen MR) is 99.4 cm³/mol. The molecule has 0 aliphatic carbocycles. The van der Waals surface area contributed by atoms with Crippen molar-refractivity contribution in [3.05, 3.63) is 0 Å². The summed E-state index contributed by atoms with van der Waals surface area (Å²) >= 11 is 0.918. The van der Waals surface area contributed by atoms with Crippen molar-refractivity contribution >= 4 is 47.1 Å². The van der Waals surface area contributed by atoms with Gasteiger partial charge in [0.15, 0.2) is 5.12 Å². The van der Waals surface area contributed by atoms with Crippen LogP contribution in [0, 0.1) is 5.92 Å². The molecule has 0 unspecified atom stereocenters. The third-order valence-corrected chi connectivity index (χ3v) is 4.53. The van der Waals surface area contributed by atoms with Crippen LogP contribution >= 0.6 is 24.2 Å². The van der Waals surface area contributed by atoms with E-state index in [1.54, 1.807) is 0 Å². The lowest BCUT2D eigenvalue weighted by atomic mass is 10.0. The van der Waals surface area contributed by atoms with E-state index in [1.807, 2.05) is 13.8 Å². The lowest BCUT2D eigenvalue weighted by Crippen LogP contribution is -2.60. The molecule has 10 heteroatoms. The van der Waals surface area contributed by atoms with Crippen LogP contribution in [0.3, 0.4) is 0 Å². The first-order chi connectivity index (χ1) is 11.0. The first-order valence-corrected chi connectivity index (χ1v) is 8.42. The van der Waals surface area contributed by atoms with E-state index in [4.69, 9.17) is 5.73 Å². The molecule has 0 saturated heterocycles. The summed E-state index contributed by atoms with van der Waals surface area (Å²) in [6, 6.07) is -0.994. The average molecular weight is 398 g/mol. The van der Waals surface area contributed by atoms with Gasteiger partial charge in [-0.05, 0) is 19.8 Å². The highest BCUT2D eigenvalue weighted by atomic mass is 35.5. The number of ether oxygens (including phenoxy) is 1. The van der Waals surface area contributed by atoms with Crippen molar-refractivity contribution in [2.24, 2.45) is 11.7 Å². The maximum Gasteiger partial charge on any atom is 0.329 e. The molecule has 0 fully saturated rings. The van der Waals surface area contributed by atoms with Gasteiger partial charge in [0, 0.05) is 13.5 Å². The van der Waals surface area contributed by atoms with Gasteiger partial charge in [0.2, 0.25) is 11.8 Å². The van der Waals surface area contributed by atoms with Gasteiger partial charge in [-0.2, -0.15) is 0 Å². The van der Waals surface area contributed by atoms with Crippen LogP contribution in [0.15, 0.2) is 0 Å². The topological polar surface area (TPSA) is 128 Å². The smallest absolute Gasteiger partial charge is 0.329 e. The molecule has 0 bridgehead atoms. The van der Waals surface area contributed by atoms with E-state index in [2.05, 4.69) is 15.4 Å². The molecule has 25 heavy (non-hydrogen) atoms. The molecular formula is C15H28ClN3O5S. The number of thioether (sulfide) groups is 1. The standard InChI is InChI=1S/C15H27N3O5S.ClH/c1-8(2)11(24-9(3)19)12(20)18-15(4,5)14(22)17-10(7-16)13(21)23-6;/h8,10-11H,7,16H2,1-6H3,(H,17,22)(H,18,20);1H/t10-,11-;/m0./s1. The molecule has 0 aromatic heterocycles. The van der Waals surface area contributed by atoms with Crippen molar-refractivity contribution in [3.8, 4) is 0 Å². The van der Waals surface area contributed by atoms with Crippen LogP contribution in [0.5, 0.6) is 0 Å². The maximum atomic E-state index is 12.4. The molecule has 0 aromatic carbocycles. The second-order valence-corrected chi connectivity index (χ2v) is 7.49. The molecule has 4 N–H and O–H groups in total. The molecule has 0 aromatic rings. The van der Waals surface area contributed by atoms with Gasteiger partial charge in [-0.1, -0.05) is 25.6 Å². The Kier molecular flexibility index (Phi) is 11.7. The molecular weight excluding hydrogens is 370 g/mol. The summed E-state index contributed by atoms with van der Waals surface area (Å²) < 4.78 is 4.55. The number of rotatable bonds is 8. The number of esters is 1. The molecule has 2 amide bonds. The van der Waals surface area contributed by atoms with Crippen LogP contribution in [0.4, 0.5) is 0 Å². The van der Waals surface area contributed by atoms with Gasteiger partial charge in [0.05, 0.1) is 12.4 Å². The van der Waals surface area contributed by atoms with Crippen molar-refractivity contribution in [2.45, 2.75) is 51.4 Å². The molecule has 0 rings (SSSR count). The predicted octanol–water partition coefficient (Wildman–Crippen LogP) is 0.224. The molecule has 0 saturated carbocycles. The van der Waals surface area contributed by atoms with Crippen molar-refractivity contribution in [2.75, 3.05) is 13.7 Å². The van der Waals surface area contributed by atoms with Crippen LogP contribution in [0.1, 0.15) is 34.6 Å². The van der Waals surface area contributed by atoms with Crippen LogP contribution in [-0.2, 0) is 23.9 Å². The Morgan fingerprint density at radius 2 is 1.72 bits per heavy atom. The molecule has 146 valence electrons. The van der Waals surface area contributed by atoms with E-state index in [1.165, 1.54) is 27.9 Å². The minimum absolute atomic E-state index is 0. The Balaban J connectivity index is 0. The highest BCUT2D eigenvalue weighted by Gasteiger charge is 2.35. The molecule has 0 heterocycles. The number of hydrogen-bond acceptors (Lipinski definition) is 7. The Morgan fingerprint density at radius 3 is 2.08 bits per heavy atom. The monoisotopic (exact) mass is 397 g/mol. The molecule has 2 atom stereocenters. The molecule has 0 spiro atoms. The summed E-state index contributed by atoms with van der Waals surface area (Å²) in [6.07, 6.45) is 0. The largest absolute Gasteiger partial charge is 0.467 e. The van der Waals surface area contributed by atoms with Crippen molar-refractivity contribution in [1.82, 2.24) is 10.6 Å². The van der Waals surface area contributed by atoms with Gasteiger partial charge >= 0.3 is 5.97 Å². The van der Waals surface area contributed by atoms with Crippen molar-refractivity contribution in [3.63, 3.8) is 0 Å². The molecule has 0 aliphatic rings. The normalized spacial score (nSPS) is 13.3. The van der Waals surface area contributed by atoms with E-state index in [0.29, 0.717) is 0 Å². The second-order valence-electron chi connectivity index (χ2n) is 6.17. The van der Waals surface area contributed by atoms with E-state index < -0.39 is 34.6 Å². The Hall–Kier alpha value is -1.32.